The zero-order valence-electron chi connectivity index (χ0n) is 14.8. The van der Waals surface area contributed by atoms with E-state index in [4.69, 9.17) is 2.74 Å². The average Bonchev–Trinajstić information content (AvgIpc) is 3.22. The summed E-state index contributed by atoms with van der Waals surface area (Å²) < 4.78 is 17.8. The second-order valence-electron chi connectivity index (χ2n) is 6.37. The van der Waals surface area contributed by atoms with E-state index in [9.17, 15) is 0 Å². The molecular weight excluding hydrogens is 256 g/mol. The first-order chi connectivity index (χ1) is 11.0. The summed E-state index contributed by atoms with van der Waals surface area (Å²) in [7, 11) is 0. The van der Waals surface area contributed by atoms with Gasteiger partial charge in [0, 0.05) is 30.5 Å². The second-order valence-corrected chi connectivity index (χ2v) is 6.37. The van der Waals surface area contributed by atoms with Crippen molar-refractivity contribution >= 4 is 5.69 Å². The molecule has 1 saturated carbocycles. The number of fused-ring (bicyclic) bond motifs is 1. The van der Waals surface area contributed by atoms with E-state index in [1.54, 1.807) is 0 Å². The summed E-state index contributed by atoms with van der Waals surface area (Å²) in [5.74, 6) is -0.269. The number of aryl methyl sites for hydroxylation is 1. The highest BCUT2D eigenvalue weighted by Gasteiger charge is 2.38. The number of anilines is 1. The molecule has 2 aliphatic heterocycles. The van der Waals surface area contributed by atoms with Crippen LogP contribution in [-0.2, 0) is 0 Å². The molecule has 2 nitrogen and oxygen atoms in total. The van der Waals surface area contributed by atoms with Crippen molar-refractivity contribution in [2.45, 2.75) is 39.5 Å². The Labute approximate surface area is 130 Å². The molecule has 1 aromatic carbocycles. The van der Waals surface area contributed by atoms with Gasteiger partial charge in [0.1, 0.15) is 0 Å². The zero-order chi connectivity index (χ0) is 16.2. The normalized spacial score (nSPS) is 33.7. The number of hydrogen-bond acceptors (Lipinski definition) is 2. The summed E-state index contributed by atoms with van der Waals surface area (Å²) in [5.41, 5.74) is 4.33. The van der Waals surface area contributed by atoms with Gasteiger partial charge in [-0.3, -0.25) is 0 Å². The smallest absolute Gasteiger partial charge is 0.0989 e. The summed E-state index contributed by atoms with van der Waals surface area (Å²) in [4.78, 5) is 4.07. The number of allylic oxidation sites excluding steroid dienone is 2. The van der Waals surface area contributed by atoms with Gasteiger partial charge in [-0.2, -0.15) is 0 Å². The number of rotatable bonds is 2. The molecule has 0 amide bonds. The molecule has 2 unspecified atom stereocenters. The molecule has 0 saturated heterocycles. The standard InChI is InChI=1S/C19H24N2/c1-14-7-3-6-10-18(14)21-13-20-12-11-17(19(20)15(21)2)16-8-4-5-9-16/h3,6-7,10-12,16-17H,4-5,8-9,13H2,1-2H3/i13D,17D. The van der Waals surface area contributed by atoms with Crippen LogP contribution >= 0.6 is 0 Å². The minimum Gasteiger partial charge on any atom is -0.331 e. The summed E-state index contributed by atoms with van der Waals surface area (Å²) in [6, 6.07) is 8.22. The van der Waals surface area contributed by atoms with Crippen LogP contribution in [0.2, 0.25) is 0 Å². The van der Waals surface area contributed by atoms with E-state index in [2.05, 4.69) is 30.9 Å². The fraction of sp³-hybridized carbons (Fsp3) is 0.474. The maximum absolute atomic E-state index is 9.14. The monoisotopic (exact) mass is 282 g/mol. The van der Waals surface area contributed by atoms with Crippen LogP contribution in [-0.4, -0.2) is 11.5 Å². The Morgan fingerprint density at radius 3 is 2.71 bits per heavy atom. The minimum absolute atomic E-state index is 0.387. The van der Waals surface area contributed by atoms with Crippen LogP contribution < -0.4 is 4.90 Å². The molecule has 0 N–H and O–H groups in total. The summed E-state index contributed by atoms with van der Waals surface area (Å²) >= 11 is 0. The maximum atomic E-state index is 9.14. The molecule has 0 spiro atoms. The van der Waals surface area contributed by atoms with E-state index in [1.165, 1.54) is 18.4 Å². The fourth-order valence-corrected chi connectivity index (χ4v) is 3.92. The SMILES string of the molecule is [2H]C1N2C=CC([2H])(C3CCCC3)C2=C(C)N1c1ccccc1C. The molecule has 110 valence electrons. The highest BCUT2D eigenvalue weighted by atomic mass is 15.4. The molecule has 3 aliphatic rings. The Bertz CT molecular complexity index is 690. The van der Waals surface area contributed by atoms with Crippen molar-refractivity contribution in [3.05, 3.63) is 53.5 Å². The van der Waals surface area contributed by atoms with Crippen molar-refractivity contribution in [1.82, 2.24) is 4.90 Å². The summed E-state index contributed by atoms with van der Waals surface area (Å²) in [6.07, 6.45) is 8.73. The van der Waals surface area contributed by atoms with Crippen LogP contribution in [0.15, 0.2) is 47.9 Å². The molecule has 0 radical (unpaired) electrons. The van der Waals surface area contributed by atoms with Gasteiger partial charge in [0.2, 0.25) is 0 Å². The number of benzene rings is 1. The van der Waals surface area contributed by atoms with Gasteiger partial charge < -0.3 is 9.80 Å². The molecule has 21 heavy (non-hydrogen) atoms. The third kappa shape index (κ3) is 2.00. The molecule has 0 bridgehead atoms. The van der Waals surface area contributed by atoms with Gasteiger partial charge in [-0.15, -0.1) is 0 Å². The summed E-state index contributed by atoms with van der Waals surface area (Å²) in [5, 5.41) is 0. The van der Waals surface area contributed by atoms with Gasteiger partial charge in [0.25, 0.3) is 0 Å². The van der Waals surface area contributed by atoms with E-state index in [-0.39, 0.29) is 0 Å². The van der Waals surface area contributed by atoms with Crippen molar-refractivity contribution in [3.63, 3.8) is 0 Å². The van der Waals surface area contributed by atoms with Crippen molar-refractivity contribution < 1.29 is 2.74 Å². The van der Waals surface area contributed by atoms with Gasteiger partial charge in [-0.05, 0) is 44.2 Å². The third-order valence-corrected chi connectivity index (χ3v) is 5.06. The molecule has 1 fully saturated rings. The van der Waals surface area contributed by atoms with Crippen molar-refractivity contribution in [3.8, 4) is 0 Å². The van der Waals surface area contributed by atoms with Crippen LogP contribution in [0.5, 0.6) is 0 Å². The van der Waals surface area contributed by atoms with Gasteiger partial charge in [0.15, 0.2) is 0 Å². The predicted octanol–water partition coefficient (Wildman–Crippen LogP) is 4.64. The maximum Gasteiger partial charge on any atom is 0.0989 e. The third-order valence-electron chi connectivity index (χ3n) is 5.06. The lowest BCUT2D eigenvalue weighted by atomic mass is 9.88. The Balaban J connectivity index is 1.79. The van der Waals surface area contributed by atoms with E-state index < -0.39 is 12.5 Å². The van der Waals surface area contributed by atoms with Crippen molar-refractivity contribution in [2.24, 2.45) is 11.8 Å². The first-order valence-corrected chi connectivity index (χ1v) is 8.00. The van der Waals surface area contributed by atoms with Crippen LogP contribution in [0.4, 0.5) is 5.69 Å². The lowest BCUT2D eigenvalue weighted by Crippen LogP contribution is -2.24. The Morgan fingerprint density at radius 1 is 1.19 bits per heavy atom. The van der Waals surface area contributed by atoms with Crippen LogP contribution in [0.25, 0.3) is 0 Å². The lowest BCUT2D eigenvalue weighted by Gasteiger charge is -2.23. The molecular formula is C19H24N2. The Morgan fingerprint density at radius 2 is 1.95 bits per heavy atom. The molecule has 4 rings (SSSR count). The molecule has 1 aromatic rings. The van der Waals surface area contributed by atoms with Crippen LogP contribution in [0.3, 0.4) is 0 Å². The first-order valence-electron chi connectivity index (χ1n) is 9.08. The summed E-state index contributed by atoms with van der Waals surface area (Å²) in [6.45, 7) is 3.66. The minimum atomic E-state index is -0.655. The largest absolute Gasteiger partial charge is 0.331 e. The molecule has 2 heteroatoms. The van der Waals surface area contributed by atoms with Crippen LogP contribution in [0.1, 0.15) is 40.9 Å². The van der Waals surface area contributed by atoms with Crippen molar-refractivity contribution in [1.29, 1.82) is 0 Å². The number of para-hydroxylation sites is 1. The van der Waals surface area contributed by atoms with E-state index >= 15 is 0 Å². The predicted molar refractivity (Wildman–Crippen MR) is 87.7 cm³/mol. The highest BCUT2D eigenvalue weighted by molar-refractivity contribution is 5.60. The fourth-order valence-electron chi connectivity index (χ4n) is 3.92. The highest BCUT2D eigenvalue weighted by Crippen LogP contribution is 2.45. The van der Waals surface area contributed by atoms with Crippen LogP contribution in [0, 0.1) is 18.7 Å². The first kappa shape index (κ1) is 10.9. The van der Waals surface area contributed by atoms with E-state index in [0.29, 0.717) is 5.92 Å². The van der Waals surface area contributed by atoms with Crippen molar-refractivity contribution in [2.75, 3.05) is 11.5 Å². The molecule has 1 aliphatic carbocycles. The molecule has 2 atom stereocenters. The van der Waals surface area contributed by atoms with Gasteiger partial charge >= 0.3 is 0 Å². The average molecular weight is 282 g/mol. The van der Waals surface area contributed by atoms with Gasteiger partial charge in [0.05, 0.1) is 8.02 Å². The van der Waals surface area contributed by atoms with Gasteiger partial charge in [-0.25, -0.2) is 0 Å². The molecule has 2 heterocycles. The van der Waals surface area contributed by atoms with Gasteiger partial charge in [-0.1, -0.05) is 37.1 Å². The quantitative estimate of drug-likeness (QED) is 0.779. The van der Waals surface area contributed by atoms with E-state index in [1.807, 2.05) is 29.3 Å². The van der Waals surface area contributed by atoms with E-state index in [0.717, 1.165) is 29.9 Å². The molecule has 0 aromatic heterocycles. The topological polar surface area (TPSA) is 6.48 Å². The number of nitrogens with zero attached hydrogens (tertiary/aromatic N) is 2. The Kier molecular flexibility index (Phi) is 2.57. The Hall–Kier alpha value is -1.70. The lowest BCUT2D eigenvalue weighted by molar-refractivity contribution is 0.403. The number of hydrogen-bond donors (Lipinski definition) is 0. The zero-order valence-corrected chi connectivity index (χ0v) is 12.8. The second kappa shape index (κ2) is 4.94.